The first-order valence-corrected chi connectivity index (χ1v) is 7.86. The number of para-hydroxylation sites is 1. The zero-order valence-electron chi connectivity index (χ0n) is 13.8. The largest absolute Gasteiger partial charge is 0.496 e. The van der Waals surface area contributed by atoms with Gasteiger partial charge in [0.25, 0.3) is 0 Å². The van der Waals surface area contributed by atoms with Crippen LogP contribution in [0.3, 0.4) is 0 Å². The van der Waals surface area contributed by atoms with E-state index in [0.29, 0.717) is 19.6 Å². The van der Waals surface area contributed by atoms with Crippen LogP contribution in [0.2, 0.25) is 0 Å². The summed E-state index contributed by atoms with van der Waals surface area (Å²) in [7, 11) is 1.67. The fourth-order valence-corrected chi connectivity index (χ4v) is 2.46. The highest BCUT2D eigenvalue weighted by Gasteiger charge is 2.13. The molecule has 2 heterocycles. The molecule has 0 spiro atoms. The lowest BCUT2D eigenvalue weighted by Gasteiger charge is -2.05. The first-order chi connectivity index (χ1) is 11.8. The van der Waals surface area contributed by atoms with Crippen LogP contribution in [0.15, 0.2) is 48.8 Å². The predicted octanol–water partition coefficient (Wildman–Crippen LogP) is 2.80. The first-order valence-electron chi connectivity index (χ1n) is 7.86. The van der Waals surface area contributed by atoms with E-state index in [1.54, 1.807) is 19.5 Å². The predicted molar refractivity (Wildman–Crippen MR) is 90.3 cm³/mol. The van der Waals surface area contributed by atoms with E-state index in [2.05, 4.69) is 15.1 Å². The van der Waals surface area contributed by atoms with Crippen LogP contribution in [0.4, 0.5) is 0 Å². The Labute approximate surface area is 141 Å². The van der Waals surface area contributed by atoms with Crippen molar-refractivity contribution in [2.75, 3.05) is 13.7 Å². The molecule has 0 aliphatic carbocycles. The van der Waals surface area contributed by atoms with E-state index in [0.717, 1.165) is 28.6 Å². The van der Waals surface area contributed by atoms with Crippen LogP contribution in [-0.4, -0.2) is 33.5 Å². The molecule has 0 saturated carbocycles. The lowest BCUT2D eigenvalue weighted by Crippen LogP contribution is -2.05. The smallest absolute Gasteiger partial charge is 0.158 e. The molecule has 6 heteroatoms. The summed E-state index contributed by atoms with van der Waals surface area (Å²) in [5.41, 5.74) is 1.97. The molecule has 1 aromatic carbocycles. The van der Waals surface area contributed by atoms with Gasteiger partial charge in [-0.05, 0) is 25.1 Å². The molecule has 0 saturated heterocycles. The lowest BCUT2D eigenvalue weighted by molar-refractivity contribution is 0.126. The summed E-state index contributed by atoms with van der Waals surface area (Å²) < 4.78 is 12.7. The van der Waals surface area contributed by atoms with Crippen molar-refractivity contribution in [3.8, 4) is 11.4 Å². The van der Waals surface area contributed by atoms with E-state index in [1.165, 1.54) is 0 Å². The van der Waals surface area contributed by atoms with Gasteiger partial charge >= 0.3 is 0 Å². The second-order valence-corrected chi connectivity index (χ2v) is 5.19. The average Bonchev–Trinajstić information content (AvgIpc) is 3.04. The Bertz CT molecular complexity index is 787. The minimum Gasteiger partial charge on any atom is -0.496 e. The van der Waals surface area contributed by atoms with Crippen LogP contribution < -0.4 is 4.74 Å². The van der Waals surface area contributed by atoms with E-state index < -0.39 is 0 Å². The highest BCUT2D eigenvalue weighted by Crippen LogP contribution is 2.20. The molecule has 3 rings (SSSR count). The summed E-state index contributed by atoms with van der Waals surface area (Å²) in [6, 6.07) is 11.7. The third kappa shape index (κ3) is 3.60. The van der Waals surface area contributed by atoms with Crippen LogP contribution in [0.1, 0.15) is 24.1 Å². The normalized spacial score (nSPS) is 10.8. The molecule has 0 aliphatic rings. The molecule has 0 radical (unpaired) electrons. The van der Waals surface area contributed by atoms with Crippen molar-refractivity contribution in [1.82, 2.24) is 19.7 Å². The number of hydrogen-bond acceptors (Lipinski definition) is 5. The molecule has 3 aromatic rings. The Morgan fingerprint density at radius 2 is 1.88 bits per heavy atom. The minimum absolute atomic E-state index is 0.414. The number of pyridine rings is 1. The quantitative estimate of drug-likeness (QED) is 0.669. The Morgan fingerprint density at radius 3 is 2.62 bits per heavy atom. The Morgan fingerprint density at radius 1 is 1.08 bits per heavy atom. The number of benzene rings is 1. The van der Waals surface area contributed by atoms with Gasteiger partial charge in [-0.25, -0.2) is 9.67 Å². The Balaban J connectivity index is 1.93. The summed E-state index contributed by atoms with van der Waals surface area (Å²) in [5.74, 6) is 2.34. The first kappa shape index (κ1) is 16.1. The Kier molecular flexibility index (Phi) is 5.18. The minimum atomic E-state index is 0.414. The molecule has 0 aliphatic heterocycles. The molecular formula is C18H20N4O2. The molecule has 24 heavy (non-hydrogen) atoms. The maximum atomic E-state index is 5.53. The molecule has 124 valence electrons. The third-order valence-corrected chi connectivity index (χ3v) is 3.60. The molecular weight excluding hydrogens is 304 g/mol. The van der Waals surface area contributed by atoms with E-state index in [-0.39, 0.29) is 0 Å². The summed E-state index contributed by atoms with van der Waals surface area (Å²) in [6.45, 7) is 3.01. The van der Waals surface area contributed by atoms with Gasteiger partial charge in [0.1, 0.15) is 12.4 Å². The highest BCUT2D eigenvalue weighted by atomic mass is 16.5. The zero-order chi connectivity index (χ0) is 16.8. The van der Waals surface area contributed by atoms with Crippen molar-refractivity contribution in [3.05, 3.63) is 66.0 Å². The van der Waals surface area contributed by atoms with Crippen molar-refractivity contribution >= 4 is 0 Å². The van der Waals surface area contributed by atoms with Crippen LogP contribution in [0.25, 0.3) is 5.69 Å². The number of hydrogen-bond donors (Lipinski definition) is 0. The molecule has 2 aromatic heterocycles. The summed E-state index contributed by atoms with van der Waals surface area (Å²) in [4.78, 5) is 8.70. The maximum Gasteiger partial charge on any atom is 0.158 e. The van der Waals surface area contributed by atoms with E-state index in [1.807, 2.05) is 48.0 Å². The van der Waals surface area contributed by atoms with Gasteiger partial charge in [0, 0.05) is 31.0 Å². The zero-order valence-corrected chi connectivity index (χ0v) is 13.8. The van der Waals surface area contributed by atoms with Crippen LogP contribution >= 0.6 is 0 Å². The van der Waals surface area contributed by atoms with Gasteiger partial charge in [0.15, 0.2) is 11.6 Å². The summed E-state index contributed by atoms with van der Waals surface area (Å²) >= 11 is 0. The van der Waals surface area contributed by atoms with Crippen molar-refractivity contribution < 1.29 is 9.47 Å². The second kappa shape index (κ2) is 7.70. The maximum absolute atomic E-state index is 5.53. The standard InChI is InChI=1S/C18H20N4O2/c1-3-24-13-18-20-17(12-14-6-4-5-7-16(14)23-2)21-22(18)15-8-10-19-11-9-15/h4-11H,3,12-13H2,1-2H3. The van der Waals surface area contributed by atoms with Crippen molar-refractivity contribution in [3.63, 3.8) is 0 Å². The molecule has 0 bridgehead atoms. The molecule has 6 nitrogen and oxygen atoms in total. The van der Waals surface area contributed by atoms with Gasteiger partial charge in [-0.2, -0.15) is 5.10 Å². The highest BCUT2D eigenvalue weighted by molar-refractivity contribution is 5.36. The van der Waals surface area contributed by atoms with Gasteiger partial charge in [-0.3, -0.25) is 4.98 Å². The topological polar surface area (TPSA) is 62.1 Å². The average molecular weight is 324 g/mol. The van der Waals surface area contributed by atoms with Crippen LogP contribution in [0.5, 0.6) is 5.75 Å². The van der Waals surface area contributed by atoms with Gasteiger partial charge in [0.2, 0.25) is 0 Å². The SMILES string of the molecule is CCOCc1nc(Cc2ccccc2OC)nn1-c1ccncc1. The van der Waals surface area contributed by atoms with E-state index in [4.69, 9.17) is 9.47 Å². The van der Waals surface area contributed by atoms with Gasteiger partial charge in [-0.1, -0.05) is 18.2 Å². The van der Waals surface area contributed by atoms with Gasteiger partial charge < -0.3 is 9.47 Å². The lowest BCUT2D eigenvalue weighted by atomic mass is 10.1. The number of aromatic nitrogens is 4. The van der Waals surface area contributed by atoms with Gasteiger partial charge in [-0.15, -0.1) is 0 Å². The number of nitrogens with zero attached hydrogens (tertiary/aromatic N) is 4. The molecule has 0 amide bonds. The van der Waals surface area contributed by atoms with E-state index >= 15 is 0 Å². The molecule has 0 fully saturated rings. The molecule has 0 N–H and O–H groups in total. The van der Waals surface area contributed by atoms with Gasteiger partial charge in [0.05, 0.1) is 12.8 Å². The monoisotopic (exact) mass is 324 g/mol. The van der Waals surface area contributed by atoms with Crippen molar-refractivity contribution in [2.45, 2.75) is 20.0 Å². The summed E-state index contributed by atoms with van der Waals surface area (Å²) in [5, 5.41) is 4.65. The number of ether oxygens (including phenoxy) is 2. The molecule has 0 unspecified atom stereocenters. The third-order valence-electron chi connectivity index (χ3n) is 3.60. The fraction of sp³-hybridized carbons (Fsp3) is 0.278. The number of methoxy groups -OCH3 is 1. The van der Waals surface area contributed by atoms with Crippen LogP contribution in [-0.2, 0) is 17.8 Å². The van der Waals surface area contributed by atoms with E-state index in [9.17, 15) is 0 Å². The Hall–Kier alpha value is -2.73. The fourth-order valence-electron chi connectivity index (χ4n) is 2.46. The number of rotatable bonds is 7. The van der Waals surface area contributed by atoms with Crippen molar-refractivity contribution in [1.29, 1.82) is 0 Å². The van der Waals surface area contributed by atoms with Crippen LogP contribution in [0, 0.1) is 0 Å². The second-order valence-electron chi connectivity index (χ2n) is 5.19. The summed E-state index contributed by atoms with van der Waals surface area (Å²) in [6.07, 6.45) is 4.07. The van der Waals surface area contributed by atoms with Crippen molar-refractivity contribution in [2.24, 2.45) is 0 Å². The molecule has 0 atom stereocenters.